The second kappa shape index (κ2) is 11.7. The molecule has 0 heterocycles. The second-order valence-electron chi connectivity index (χ2n) is 9.23. The van der Waals surface area contributed by atoms with Gasteiger partial charge in [-0.05, 0) is 57.4 Å². The molecule has 2 aromatic carbocycles. The number of sulfonamides is 1. The van der Waals surface area contributed by atoms with E-state index >= 15 is 4.39 Å². The van der Waals surface area contributed by atoms with Crippen molar-refractivity contribution in [2.45, 2.75) is 50.4 Å². The Labute approximate surface area is 206 Å². The molecule has 0 saturated carbocycles. The molecular formula is C25H35FN2O4S2. The number of hydrogen-bond acceptors (Lipinski definition) is 5. The van der Waals surface area contributed by atoms with Crippen LogP contribution in [0.15, 0.2) is 61.2 Å². The van der Waals surface area contributed by atoms with E-state index in [1.165, 1.54) is 17.4 Å². The van der Waals surface area contributed by atoms with Crippen LogP contribution < -0.4 is 9.46 Å². The summed E-state index contributed by atoms with van der Waals surface area (Å²) in [5.74, 6) is -0.354. The molecule has 9 heteroatoms. The SMILES string of the molecule is C=CCCC(CS(=O)(=O)N(C)Cc1ccc(OC)cc1)(N[S+]([O-])C(C)(C)C)c1ccccc1F. The fraction of sp³-hybridized carbons (Fsp3) is 0.440. The monoisotopic (exact) mass is 510 g/mol. The molecule has 0 bridgehead atoms. The summed E-state index contributed by atoms with van der Waals surface area (Å²) in [6, 6.07) is 13.1. The van der Waals surface area contributed by atoms with Gasteiger partial charge in [0.25, 0.3) is 0 Å². The van der Waals surface area contributed by atoms with Gasteiger partial charge in [-0.1, -0.05) is 36.4 Å². The minimum atomic E-state index is -3.91. The maximum atomic E-state index is 15.1. The Hall–Kier alpha value is -1.91. The first-order valence-corrected chi connectivity index (χ1v) is 13.7. The molecule has 34 heavy (non-hydrogen) atoms. The third-order valence-electron chi connectivity index (χ3n) is 5.48. The van der Waals surface area contributed by atoms with Gasteiger partial charge in [0.15, 0.2) is 0 Å². The van der Waals surface area contributed by atoms with Crippen LogP contribution >= 0.6 is 0 Å². The number of methoxy groups -OCH3 is 1. The van der Waals surface area contributed by atoms with E-state index in [4.69, 9.17) is 4.74 Å². The second-order valence-corrected chi connectivity index (χ2v) is 13.3. The van der Waals surface area contributed by atoms with Gasteiger partial charge in [-0.15, -0.1) is 11.3 Å². The average Bonchev–Trinajstić information content (AvgIpc) is 2.77. The highest BCUT2D eigenvalue weighted by molar-refractivity contribution is 7.91. The van der Waals surface area contributed by atoms with Gasteiger partial charge in [0.05, 0.1) is 12.9 Å². The lowest BCUT2D eigenvalue weighted by atomic mass is 9.88. The quantitative estimate of drug-likeness (QED) is 0.336. The number of ether oxygens (including phenoxy) is 1. The van der Waals surface area contributed by atoms with Crippen molar-refractivity contribution >= 4 is 21.4 Å². The van der Waals surface area contributed by atoms with E-state index in [1.54, 1.807) is 76.4 Å². The van der Waals surface area contributed by atoms with Crippen LogP contribution in [0, 0.1) is 5.82 Å². The van der Waals surface area contributed by atoms with E-state index in [1.807, 2.05) is 0 Å². The number of hydrogen-bond donors (Lipinski definition) is 1. The maximum Gasteiger partial charge on any atom is 0.216 e. The predicted molar refractivity (Wildman–Crippen MR) is 137 cm³/mol. The minimum Gasteiger partial charge on any atom is -0.598 e. The Morgan fingerprint density at radius 3 is 2.32 bits per heavy atom. The van der Waals surface area contributed by atoms with Crippen molar-refractivity contribution in [3.63, 3.8) is 0 Å². The number of nitrogens with zero attached hydrogens (tertiary/aromatic N) is 1. The van der Waals surface area contributed by atoms with Gasteiger partial charge in [-0.3, -0.25) is 0 Å². The molecule has 0 saturated heterocycles. The molecule has 0 spiro atoms. The third kappa shape index (κ3) is 7.29. The number of nitrogens with one attached hydrogen (secondary N) is 1. The van der Waals surface area contributed by atoms with Crippen LogP contribution in [0.1, 0.15) is 44.7 Å². The lowest BCUT2D eigenvalue weighted by Gasteiger charge is -2.38. The molecule has 2 aromatic rings. The Morgan fingerprint density at radius 2 is 1.79 bits per heavy atom. The van der Waals surface area contributed by atoms with Gasteiger partial charge in [0.2, 0.25) is 10.0 Å². The van der Waals surface area contributed by atoms with Gasteiger partial charge in [0, 0.05) is 30.5 Å². The minimum absolute atomic E-state index is 0.128. The van der Waals surface area contributed by atoms with Crippen molar-refractivity contribution in [3.8, 4) is 5.75 Å². The van der Waals surface area contributed by atoms with Crippen LogP contribution in [0.2, 0.25) is 0 Å². The zero-order chi connectivity index (χ0) is 25.6. The van der Waals surface area contributed by atoms with E-state index in [0.717, 1.165) is 5.56 Å². The molecular weight excluding hydrogens is 475 g/mol. The highest BCUT2D eigenvalue weighted by Gasteiger charge is 2.45. The standard InChI is InChI=1S/C25H35FN2O4S2/c1-7-8-17-25(27-33(29)24(2,3)4,22-11-9-10-12-23(22)26)19-34(30,31)28(5)18-20-13-15-21(32-6)16-14-20/h7,9-16,27H,1,8,17-19H2,2-6H3. The average molecular weight is 511 g/mol. The van der Waals surface area contributed by atoms with Crippen LogP contribution in [0.5, 0.6) is 5.75 Å². The summed E-state index contributed by atoms with van der Waals surface area (Å²) < 4.78 is 64.1. The van der Waals surface area contributed by atoms with E-state index in [2.05, 4.69) is 11.3 Å². The first-order valence-electron chi connectivity index (χ1n) is 11.0. The summed E-state index contributed by atoms with van der Waals surface area (Å²) in [5.41, 5.74) is -0.485. The van der Waals surface area contributed by atoms with E-state index in [-0.39, 0.29) is 18.5 Å². The smallest absolute Gasteiger partial charge is 0.216 e. The molecule has 2 unspecified atom stereocenters. The van der Waals surface area contributed by atoms with Crippen LogP contribution in [0.4, 0.5) is 4.39 Å². The van der Waals surface area contributed by atoms with Gasteiger partial charge in [-0.2, -0.15) is 0 Å². The third-order valence-corrected chi connectivity index (χ3v) is 9.10. The number of halogens is 1. The van der Waals surface area contributed by atoms with Crippen molar-refractivity contribution < 1.29 is 22.1 Å². The molecule has 0 aliphatic heterocycles. The fourth-order valence-corrected chi connectivity index (χ4v) is 6.05. The first kappa shape index (κ1) is 28.3. The molecule has 0 aromatic heterocycles. The van der Waals surface area contributed by atoms with E-state index in [0.29, 0.717) is 12.2 Å². The Balaban J connectivity index is 2.48. The zero-order valence-corrected chi connectivity index (χ0v) is 22.1. The normalized spacial score (nSPS) is 15.1. The largest absolute Gasteiger partial charge is 0.598 e. The summed E-state index contributed by atoms with van der Waals surface area (Å²) in [7, 11) is -0.867. The fourth-order valence-electron chi connectivity index (χ4n) is 3.46. The number of allylic oxidation sites excluding steroid dienone is 1. The Morgan fingerprint density at radius 1 is 1.18 bits per heavy atom. The highest BCUT2D eigenvalue weighted by atomic mass is 32.2. The summed E-state index contributed by atoms with van der Waals surface area (Å²) in [5, 5.41) is 0. The van der Waals surface area contributed by atoms with Crippen molar-refractivity contribution in [2.75, 3.05) is 19.9 Å². The molecule has 0 amide bonds. The van der Waals surface area contributed by atoms with Gasteiger partial charge in [0.1, 0.15) is 21.9 Å². The highest BCUT2D eigenvalue weighted by Crippen LogP contribution is 2.34. The van der Waals surface area contributed by atoms with Crippen molar-refractivity contribution in [1.29, 1.82) is 0 Å². The topological polar surface area (TPSA) is 81.7 Å². The van der Waals surface area contributed by atoms with E-state index in [9.17, 15) is 13.0 Å². The molecule has 6 nitrogen and oxygen atoms in total. The van der Waals surface area contributed by atoms with Gasteiger partial charge < -0.3 is 9.29 Å². The van der Waals surface area contributed by atoms with Crippen molar-refractivity contribution in [1.82, 2.24) is 9.03 Å². The van der Waals surface area contributed by atoms with Crippen LogP contribution in [0.25, 0.3) is 0 Å². The Kier molecular flexibility index (Phi) is 9.73. The summed E-state index contributed by atoms with van der Waals surface area (Å²) in [6.45, 7) is 9.20. The maximum absolute atomic E-state index is 15.1. The molecule has 2 rings (SSSR count). The van der Waals surface area contributed by atoms with E-state index < -0.39 is 43.2 Å². The zero-order valence-electron chi connectivity index (χ0n) is 20.5. The molecule has 0 radical (unpaired) electrons. The van der Waals surface area contributed by atoms with Crippen LogP contribution in [-0.2, 0) is 33.5 Å². The molecule has 2 atom stereocenters. The van der Waals surface area contributed by atoms with Crippen LogP contribution in [-0.4, -0.2) is 41.9 Å². The number of benzene rings is 2. The predicted octanol–water partition coefficient (Wildman–Crippen LogP) is 4.51. The summed E-state index contributed by atoms with van der Waals surface area (Å²) in [6.07, 6.45) is 2.25. The molecule has 0 aliphatic rings. The summed E-state index contributed by atoms with van der Waals surface area (Å²) >= 11 is -1.66. The van der Waals surface area contributed by atoms with Crippen molar-refractivity contribution in [2.24, 2.45) is 0 Å². The Bertz CT molecular complexity index is 1060. The van der Waals surface area contributed by atoms with Crippen molar-refractivity contribution in [3.05, 3.63) is 78.1 Å². The van der Waals surface area contributed by atoms with Gasteiger partial charge in [-0.25, -0.2) is 17.1 Å². The lowest BCUT2D eigenvalue weighted by molar-refractivity contribution is 0.367. The summed E-state index contributed by atoms with van der Waals surface area (Å²) in [4.78, 5) is 0. The lowest BCUT2D eigenvalue weighted by Crippen LogP contribution is -2.56. The molecule has 0 aliphatic carbocycles. The molecule has 188 valence electrons. The first-order chi connectivity index (χ1) is 15.8. The number of rotatable bonds is 12. The molecule has 1 N–H and O–H groups in total. The van der Waals surface area contributed by atoms with Crippen LogP contribution in [0.3, 0.4) is 0 Å². The van der Waals surface area contributed by atoms with Gasteiger partial charge >= 0.3 is 0 Å². The molecule has 0 fully saturated rings.